The van der Waals surface area contributed by atoms with Crippen LogP contribution >= 0.6 is 0 Å². The van der Waals surface area contributed by atoms with Gasteiger partial charge >= 0.3 is 0 Å². The zero-order valence-electron chi connectivity index (χ0n) is 12.9. The highest BCUT2D eigenvalue weighted by atomic mass is 14.9. The molecule has 1 aliphatic carbocycles. The first-order valence-corrected chi connectivity index (χ1v) is 7.79. The fraction of sp³-hybridized carbons (Fsp3) is 0.667. The molecule has 1 nitrogen and oxygen atoms in total. The lowest BCUT2D eigenvalue weighted by Gasteiger charge is -2.30. The third kappa shape index (κ3) is 4.65. The highest BCUT2D eigenvalue weighted by Gasteiger charge is 2.26. The number of benzene rings is 1. The number of rotatable bonds is 7. The van der Waals surface area contributed by atoms with E-state index in [0.717, 1.165) is 5.92 Å². The van der Waals surface area contributed by atoms with E-state index in [1.54, 1.807) is 0 Å². The summed E-state index contributed by atoms with van der Waals surface area (Å²) in [5, 5.41) is 3.78. The van der Waals surface area contributed by atoms with Gasteiger partial charge in [0.1, 0.15) is 0 Å². The van der Waals surface area contributed by atoms with E-state index in [0.29, 0.717) is 12.1 Å². The second-order valence-corrected chi connectivity index (χ2v) is 7.10. The van der Waals surface area contributed by atoms with Crippen LogP contribution in [0.3, 0.4) is 0 Å². The molecule has 0 amide bonds. The summed E-state index contributed by atoms with van der Waals surface area (Å²) in [5.74, 6) is 1.01. The number of nitrogens with one attached hydrogen (secondary N) is 1. The van der Waals surface area contributed by atoms with Crippen LogP contribution in [-0.4, -0.2) is 12.1 Å². The molecule has 2 unspecified atom stereocenters. The summed E-state index contributed by atoms with van der Waals surface area (Å²) in [6, 6.07) is 12.1. The second kappa shape index (κ2) is 6.09. The monoisotopic (exact) mass is 259 g/mol. The minimum Gasteiger partial charge on any atom is -0.312 e. The normalized spacial score (nSPS) is 19.2. The van der Waals surface area contributed by atoms with Gasteiger partial charge in [-0.25, -0.2) is 0 Å². The van der Waals surface area contributed by atoms with Crippen LogP contribution in [0.1, 0.15) is 58.9 Å². The standard InChI is InChI=1S/C18H29N/c1-14(12-16-10-11-16)19-15(2)13-18(3,4)17-8-6-5-7-9-17/h5-9,14-16,19H,10-13H2,1-4H3. The van der Waals surface area contributed by atoms with Gasteiger partial charge in [0, 0.05) is 12.1 Å². The Morgan fingerprint density at radius 3 is 2.32 bits per heavy atom. The lowest BCUT2D eigenvalue weighted by atomic mass is 9.79. The van der Waals surface area contributed by atoms with Crippen LogP contribution in [0.25, 0.3) is 0 Å². The highest BCUT2D eigenvalue weighted by molar-refractivity contribution is 5.23. The Bertz CT molecular complexity index is 378. The van der Waals surface area contributed by atoms with E-state index in [2.05, 4.69) is 63.3 Å². The van der Waals surface area contributed by atoms with E-state index in [4.69, 9.17) is 0 Å². The van der Waals surface area contributed by atoms with Gasteiger partial charge in [-0.15, -0.1) is 0 Å². The Morgan fingerprint density at radius 2 is 1.74 bits per heavy atom. The second-order valence-electron chi connectivity index (χ2n) is 7.10. The van der Waals surface area contributed by atoms with Crippen LogP contribution in [-0.2, 0) is 5.41 Å². The molecule has 1 heteroatoms. The Morgan fingerprint density at radius 1 is 1.11 bits per heavy atom. The molecule has 0 radical (unpaired) electrons. The quantitative estimate of drug-likeness (QED) is 0.759. The molecular formula is C18H29N. The average molecular weight is 259 g/mol. The molecule has 1 N–H and O–H groups in total. The van der Waals surface area contributed by atoms with Crippen molar-refractivity contribution in [2.75, 3.05) is 0 Å². The summed E-state index contributed by atoms with van der Waals surface area (Å²) in [6.45, 7) is 9.37. The summed E-state index contributed by atoms with van der Waals surface area (Å²) < 4.78 is 0. The highest BCUT2D eigenvalue weighted by Crippen LogP contribution is 2.34. The molecule has 1 saturated carbocycles. The maximum absolute atomic E-state index is 3.78. The zero-order valence-corrected chi connectivity index (χ0v) is 12.9. The van der Waals surface area contributed by atoms with E-state index in [9.17, 15) is 0 Å². The average Bonchev–Trinajstić information content (AvgIpc) is 3.13. The summed E-state index contributed by atoms with van der Waals surface area (Å²) in [5.41, 5.74) is 1.69. The third-order valence-electron chi connectivity index (χ3n) is 4.32. The summed E-state index contributed by atoms with van der Waals surface area (Å²) in [6.07, 6.45) is 5.45. The molecule has 1 aliphatic rings. The first kappa shape index (κ1) is 14.6. The van der Waals surface area contributed by atoms with Crippen molar-refractivity contribution in [2.24, 2.45) is 5.92 Å². The largest absolute Gasteiger partial charge is 0.312 e. The van der Waals surface area contributed by atoms with Gasteiger partial charge < -0.3 is 5.32 Å². The van der Waals surface area contributed by atoms with Gasteiger partial charge in [-0.05, 0) is 43.6 Å². The van der Waals surface area contributed by atoms with Crippen molar-refractivity contribution in [1.29, 1.82) is 0 Å². The fourth-order valence-corrected chi connectivity index (χ4v) is 3.24. The van der Waals surface area contributed by atoms with E-state index in [1.165, 1.54) is 31.2 Å². The summed E-state index contributed by atoms with van der Waals surface area (Å²) >= 11 is 0. The molecular weight excluding hydrogens is 230 g/mol. The summed E-state index contributed by atoms with van der Waals surface area (Å²) in [4.78, 5) is 0. The molecule has 19 heavy (non-hydrogen) atoms. The van der Waals surface area contributed by atoms with Gasteiger partial charge in [0.2, 0.25) is 0 Å². The Balaban J connectivity index is 1.84. The molecule has 0 bridgehead atoms. The summed E-state index contributed by atoms with van der Waals surface area (Å²) in [7, 11) is 0. The third-order valence-corrected chi connectivity index (χ3v) is 4.32. The van der Waals surface area contributed by atoms with Crippen molar-refractivity contribution < 1.29 is 0 Å². The van der Waals surface area contributed by atoms with Crippen LogP contribution in [0.15, 0.2) is 30.3 Å². The van der Waals surface area contributed by atoms with Crippen molar-refractivity contribution in [3.05, 3.63) is 35.9 Å². The molecule has 1 fully saturated rings. The van der Waals surface area contributed by atoms with Crippen molar-refractivity contribution in [2.45, 2.75) is 70.9 Å². The lowest BCUT2D eigenvalue weighted by molar-refractivity contribution is 0.350. The predicted octanol–water partition coefficient (Wildman–Crippen LogP) is 4.52. The van der Waals surface area contributed by atoms with E-state index in [-0.39, 0.29) is 5.41 Å². The molecule has 0 aromatic heterocycles. The first-order chi connectivity index (χ1) is 8.97. The molecule has 1 aromatic carbocycles. The topological polar surface area (TPSA) is 12.0 Å². The van der Waals surface area contributed by atoms with E-state index in [1.807, 2.05) is 0 Å². The smallest absolute Gasteiger partial charge is 0.00494 e. The molecule has 106 valence electrons. The molecule has 0 heterocycles. The van der Waals surface area contributed by atoms with Crippen molar-refractivity contribution in [3.8, 4) is 0 Å². The van der Waals surface area contributed by atoms with Crippen LogP contribution < -0.4 is 5.32 Å². The van der Waals surface area contributed by atoms with Gasteiger partial charge in [-0.2, -0.15) is 0 Å². The predicted molar refractivity (Wildman–Crippen MR) is 83.5 cm³/mol. The lowest BCUT2D eigenvalue weighted by Crippen LogP contribution is -2.38. The molecule has 1 aromatic rings. The molecule has 0 saturated heterocycles. The molecule has 0 spiro atoms. The van der Waals surface area contributed by atoms with Crippen molar-refractivity contribution in [1.82, 2.24) is 5.32 Å². The zero-order chi connectivity index (χ0) is 13.9. The van der Waals surface area contributed by atoms with Gasteiger partial charge in [0.25, 0.3) is 0 Å². The molecule has 0 aliphatic heterocycles. The van der Waals surface area contributed by atoms with Crippen molar-refractivity contribution >= 4 is 0 Å². The van der Waals surface area contributed by atoms with Crippen LogP contribution in [0.4, 0.5) is 0 Å². The SMILES string of the molecule is CC(CC1CC1)NC(C)CC(C)(C)c1ccccc1. The van der Waals surface area contributed by atoms with Gasteiger partial charge in [-0.3, -0.25) is 0 Å². The number of hydrogen-bond acceptors (Lipinski definition) is 1. The van der Waals surface area contributed by atoms with Crippen molar-refractivity contribution in [3.63, 3.8) is 0 Å². The van der Waals surface area contributed by atoms with Crippen LogP contribution in [0.5, 0.6) is 0 Å². The molecule has 2 atom stereocenters. The minimum absolute atomic E-state index is 0.243. The molecule has 2 rings (SSSR count). The Hall–Kier alpha value is -0.820. The van der Waals surface area contributed by atoms with Gasteiger partial charge in [-0.1, -0.05) is 57.0 Å². The van der Waals surface area contributed by atoms with Gasteiger partial charge in [0.15, 0.2) is 0 Å². The Labute approximate surface area is 118 Å². The fourth-order valence-electron chi connectivity index (χ4n) is 3.24. The Kier molecular flexibility index (Phi) is 4.67. The van der Waals surface area contributed by atoms with E-state index < -0.39 is 0 Å². The maximum Gasteiger partial charge on any atom is 0.00494 e. The van der Waals surface area contributed by atoms with Gasteiger partial charge in [0.05, 0.1) is 0 Å². The number of hydrogen-bond donors (Lipinski definition) is 1. The van der Waals surface area contributed by atoms with Crippen LogP contribution in [0.2, 0.25) is 0 Å². The van der Waals surface area contributed by atoms with Crippen LogP contribution in [0, 0.1) is 5.92 Å². The first-order valence-electron chi connectivity index (χ1n) is 7.79. The maximum atomic E-state index is 3.78. The minimum atomic E-state index is 0.243. The van der Waals surface area contributed by atoms with E-state index >= 15 is 0 Å².